The summed E-state index contributed by atoms with van der Waals surface area (Å²) in [5, 5.41) is 3.77. The molecule has 2 heteroatoms. The molecule has 0 radical (unpaired) electrons. The van der Waals surface area contributed by atoms with Gasteiger partial charge in [-0.1, -0.05) is 6.42 Å². The average Bonchev–Trinajstić information content (AvgIpc) is 2.72. The van der Waals surface area contributed by atoms with Crippen LogP contribution in [-0.4, -0.2) is 36.6 Å². The molecule has 1 aliphatic carbocycles. The van der Waals surface area contributed by atoms with Gasteiger partial charge in [0.15, 0.2) is 0 Å². The Morgan fingerprint density at radius 2 is 2.08 bits per heavy atom. The van der Waals surface area contributed by atoms with E-state index in [2.05, 4.69) is 10.2 Å². The van der Waals surface area contributed by atoms with E-state index in [-0.39, 0.29) is 0 Å². The number of hydrogen-bond acceptors (Lipinski definition) is 2. The normalized spacial score (nSPS) is 45.7. The van der Waals surface area contributed by atoms with Gasteiger partial charge in [-0.15, -0.1) is 0 Å². The fourth-order valence-electron chi connectivity index (χ4n) is 3.48. The summed E-state index contributed by atoms with van der Waals surface area (Å²) in [6.07, 6.45) is 7.24. The van der Waals surface area contributed by atoms with Gasteiger partial charge in [0.1, 0.15) is 0 Å². The molecule has 3 rings (SSSR count). The Bertz CT molecular complexity index is 173. The van der Waals surface area contributed by atoms with E-state index in [0.717, 1.165) is 18.0 Å². The van der Waals surface area contributed by atoms with E-state index in [1.54, 1.807) is 0 Å². The fourth-order valence-corrected chi connectivity index (χ4v) is 3.48. The van der Waals surface area contributed by atoms with Crippen molar-refractivity contribution >= 4 is 0 Å². The minimum Gasteiger partial charge on any atom is -0.312 e. The maximum atomic E-state index is 3.77. The predicted octanol–water partition coefficient (Wildman–Crippen LogP) is 1.22. The monoisotopic (exact) mass is 180 g/mol. The van der Waals surface area contributed by atoms with Crippen LogP contribution in [0, 0.1) is 5.92 Å². The lowest BCUT2D eigenvalue weighted by Gasteiger charge is -2.23. The van der Waals surface area contributed by atoms with Gasteiger partial charge in [-0.25, -0.2) is 0 Å². The molecule has 0 aromatic heterocycles. The minimum atomic E-state index is 0.866. The maximum Gasteiger partial charge on any atom is 0.0221 e. The summed E-state index contributed by atoms with van der Waals surface area (Å²) >= 11 is 0. The van der Waals surface area contributed by atoms with Crippen molar-refractivity contribution in [2.75, 3.05) is 19.6 Å². The molecule has 3 aliphatic rings. The lowest BCUT2D eigenvalue weighted by Crippen LogP contribution is -2.35. The van der Waals surface area contributed by atoms with E-state index in [1.807, 2.05) is 0 Å². The molecule has 2 aliphatic heterocycles. The van der Waals surface area contributed by atoms with E-state index < -0.39 is 0 Å². The van der Waals surface area contributed by atoms with Gasteiger partial charge in [0.2, 0.25) is 0 Å². The number of fused-ring (bicyclic) bond motifs is 2. The van der Waals surface area contributed by atoms with Gasteiger partial charge in [-0.2, -0.15) is 0 Å². The van der Waals surface area contributed by atoms with Crippen molar-refractivity contribution in [2.24, 2.45) is 5.92 Å². The van der Waals surface area contributed by atoms with Crippen LogP contribution in [0.2, 0.25) is 0 Å². The fraction of sp³-hybridized carbons (Fsp3) is 1.00. The molecule has 0 aromatic rings. The molecule has 74 valence electrons. The van der Waals surface area contributed by atoms with E-state index >= 15 is 0 Å². The largest absolute Gasteiger partial charge is 0.312 e. The van der Waals surface area contributed by atoms with Gasteiger partial charge >= 0.3 is 0 Å². The first kappa shape index (κ1) is 8.25. The molecular weight excluding hydrogens is 160 g/mol. The summed E-state index contributed by atoms with van der Waals surface area (Å²) in [6.45, 7) is 4.03. The van der Waals surface area contributed by atoms with Crippen molar-refractivity contribution in [3.8, 4) is 0 Å². The number of rotatable bonds is 0. The first-order valence-electron chi connectivity index (χ1n) is 5.91. The first-order valence-corrected chi connectivity index (χ1v) is 5.91. The SMILES string of the molecule is C1CC2CN3CCCC3CNC2C1. The van der Waals surface area contributed by atoms with E-state index in [4.69, 9.17) is 0 Å². The van der Waals surface area contributed by atoms with E-state index in [0.29, 0.717) is 0 Å². The number of hydrogen-bond donors (Lipinski definition) is 1. The molecule has 0 spiro atoms. The molecular formula is C11H20N2. The van der Waals surface area contributed by atoms with Crippen LogP contribution in [0.3, 0.4) is 0 Å². The zero-order valence-corrected chi connectivity index (χ0v) is 8.34. The van der Waals surface area contributed by atoms with Crippen molar-refractivity contribution in [1.82, 2.24) is 10.2 Å². The third-order valence-electron chi connectivity index (χ3n) is 4.24. The third kappa shape index (κ3) is 1.40. The zero-order chi connectivity index (χ0) is 8.67. The summed E-state index contributed by atoms with van der Waals surface area (Å²) in [6, 6.07) is 1.75. The summed E-state index contributed by atoms with van der Waals surface area (Å²) in [4.78, 5) is 2.74. The molecule has 2 heterocycles. The molecule has 0 amide bonds. The second-order valence-electron chi connectivity index (χ2n) is 5.00. The highest BCUT2D eigenvalue weighted by molar-refractivity contribution is 4.93. The Hall–Kier alpha value is -0.0800. The van der Waals surface area contributed by atoms with Gasteiger partial charge in [-0.05, 0) is 38.1 Å². The van der Waals surface area contributed by atoms with Crippen LogP contribution in [-0.2, 0) is 0 Å². The second kappa shape index (κ2) is 3.25. The second-order valence-corrected chi connectivity index (χ2v) is 5.00. The summed E-state index contributed by atoms with van der Waals surface area (Å²) < 4.78 is 0. The van der Waals surface area contributed by atoms with Gasteiger partial charge in [0, 0.05) is 25.2 Å². The molecule has 0 bridgehead atoms. The molecule has 1 N–H and O–H groups in total. The van der Waals surface area contributed by atoms with Gasteiger partial charge in [0.05, 0.1) is 0 Å². The van der Waals surface area contributed by atoms with Crippen LogP contribution in [0.5, 0.6) is 0 Å². The predicted molar refractivity (Wildman–Crippen MR) is 53.7 cm³/mol. The highest BCUT2D eigenvalue weighted by atomic mass is 15.2. The number of nitrogens with zero attached hydrogens (tertiary/aromatic N) is 1. The minimum absolute atomic E-state index is 0.866. The Morgan fingerprint density at radius 3 is 3.08 bits per heavy atom. The molecule has 3 fully saturated rings. The zero-order valence-electron chi connectivity index (χ0n) is 8.34. The van der Waals surface area contributed by atoms with Crippen LogP contribution >= 0.6 is 0 Å². The first-order chi connectivity index (χ1) is 6.43. The molecule has 1 saturated carbocycles. The van der Waals surface area contributed by atoms with E-state index in [9.17, 15) is 0 Å². The lowest BCUT2D eigenvalue weighted by molar-refractivity contribution is 0.238. The quantitative estimate of drug-likeness (QED) is 0.603. The van der Waals surface area contributed by atoms with Gasteiger partial charge in [0.25, 0.3) is 0 Å². The molecule has 3 unspecified atom stereocenters. The van der Waals surface area contributed by atoms with Crippen molar-refractivity contribution in [3.05, 3.63) is 0 Å². The highest BCUT2D eigenvalue weighted by Crippen LogP contribution is 2.31. The van der Waals surface area contributed by atoms with Crippen LogP contribution in [0.25, 0.3) is 0 Å². The lowest BCUT2D eigenvalue weighted by atomic mass is 10.0. The Labute approximate surface area is 80.7 Å². The van der Waals surface area contributed by atoms with Crippen LogP contribution in [0.15, 0.2) is 0 Å². The molecule has 2 nitrogen and oxygen atoms in total. The smallest absolute Gasteiger partial charge is 0.0221 e. The van der Waals surface area contributed by atoms with Crippen molar-refractivity contribution in [2.45, 2.75) is 44.2 Å². The van der Waals surface area contributed by atoms with Crippen LogP contribution < -0.4 is 5.32 Å². The van der Waals surface area contributed by atoms with Gasteiger partial charge < -0.3 is 5.32 Å². The van der Waals surface area contributed by atoms with Crippen LogP contribution in [0.4, 0.5) is 0 Å². The summed E-state index contributed by atoms with van der Waals surface area (Å²) in [5.41, 5.74) is 0. The van der Waals surface area contributed by atoms with E-state index in [1.165, 1.54) is 51.7 Å². The Balaban J connectivity index is 1.73. The van der Waals surface area contributed by atoms with Crippen molar-refractivity contribution < 1.29 is 0 Å². The molecule has 3 atom stereocenters. The average molecular weight is 180 g/mol. The third-order valence-corrected chi connectivity index (χ3v) is 4.24. The summed E-state index contributed by atoms with van der Waals surface area (Å²) in [5.74, 6) is 0.975. The molecule has 0 aromatic carbocycles. The summed E-state index contributed by atoms with van der Waals surface area (Å²) in [7, 11) is 0. The van der Waals surface area contributed by atoms with Gasteiger partial charge in [-0.3, -0.25) is 4.90 Å². The number of nitrogens with one attached hydrogen (secondary N) is 1. The maximum absolute atomic E-state index is 3.77. The highest BCUT2D eigenvalue weighted by Gasteiger charge is 2.36. The molecule has 13 heavy (non-hydrogen) atoms. The Morgan fingerprint density at radius 1 is 1.08 bits per heavy atom. The topological polar surface area (TPSA) is 15.3 Å². The Kier molecular flexibility index (Phi) is 2.06. The standard InChI is InChI=1S/C11H20N2/c1-3-9-8-13-6-2-4-10(13)7-12-11(9)5-1/h9-12H,1-8H2. The van der Waals surface area contributed by atoms with Crippen molar-refractivity contribution in [1.29, 1.82) is 0 Å². The van der Waals surface area contributed by atoms with Crippen molar-refractivity contribution in [3.63, 3.8) is 0 Å². The van der Waals surface area contributed by atoms with Crippen LogP contribution in [0.1, 0.15) is 32.1 Å². The molecule has 2 saturated heterocycles.